The van der Waals surface area contributed by atoms with E-state index in [1.165, 1.54) is 56.2 Å². The molecular formula is C22H23N3O7S. The molecule has 0 radical (unpaired) electrons. The monoisotopic (exact) mass is 473 g/mol. The number of amides is 1. The molecule has 174 valence electrons. The number of carbonyl (C=O) groups is 3. The molecule has 3 aromatic rings. The molecular weight excluding hydrogens is 450 g/mol. The zero-order valence-corrected chi connectivity index (χ0v) is 19.1. The van der Waals surface area contributed by atoms with E-state index in [-0.39, 0.29) is 17.1 Å². The molecule has 1 aromatic heterocycles. The molecule has 0 aliphatic heterocycles. The van der Waals surface area contributed by atoms with Crippen molar-refractivity contribution in [1.29, 1.82) is 0 Å². The molecule has 1 N–H and O–H groups in total. The van der Waals surface area contributed by atoms with Gasteiger partial charge in [-0.1, -0.05) is 24.3 Å². The average Bonchev–Trinajstić information content (AvgIpc) is 3.15. The summed E-state index contributed by atoms with van der Waals surface area (Å²) < 4.78 is 36.9. The third-order valence-corrected chi connectivity index (χ3v) is 6.57. The molecule has 3 rings (SSSR count). The van der Waals surface area contributed by atoms with E-state index in [9.17, 15) is 22.8 Å². The molecule has 0 aliphatic carbocycles. The topological polar surface area (TPSA) is 124 Å². The second-order valence-corrected chi connectivity index (χ2v) is 9.36. The maximum Gasteiger partial charge on any atom is 0.340 e. The highest BCUT2D eigenvalue weighted by Gasteiger charge is 2.19. The number of benzene rings is 2. The SMILES string of the molecule is COC(=O)c1cn(CC(=O)OCC(=O)Nc2cccc(S(=O)(=O)N(C)C)c2)c2ccccc12. The van der Waals surface area contributed by atoms with Crippen LogP contribution in [0.2, 0.25) is 0 Å². The van der Waals surface area contributed by atoms with Gasteiger partial charge in [0.05, 0.1) is 17.6 Å². The minimum absolute atomic E-state index is 0.0168. The molecule has 0 bridgehead atoms. The van der Waals surface area contributed by atoms with Gasteiger partial charge in [0.15, 0.2) is 6.61 Å². The van der Waals surface area contributed by atoms with E-state index in [2.05, 4.69) is 5.32 Å². The van der Waals surface area contributed by atoms with E-state index in [4.69, 9.17) is 9.47 Å². The van der Waals surface area contributed by atoms with Crippen LogP contribution in [0.4, 0.5) is 5.69 Å². The van der Waals surface area contributed by atoms with Gasteiger partial charge in [-0.2, -0.15) is 0 Å². The van der Waals surface area contributed by atoms with E-state index in [0.29, 0.717) is 16.5 Å². The molecule has 0 atom stereocenters. The smallest absolute Gasteiger partial charge is 0.340 e. The number of esters is 2. The maximum atomic E-state index is 12.3. The quantitative estimate of drug-likeness (QED) is 0.495. The molecule has 0 saturated carbocycles. The number of hydrogen-bond acceptors (Lipinski definition) is 7. The lowest BCUT2D eigenvalue weighted by Gasteiger charge is -2.13. The van der Waals surface area contributed by atoms with Crippen LogP contribution < -0.4 is 5.32 Å². The van der Waals surface area contributed by atoms with Gasteiger partial charge < -0.3 is 19.4 Å². The summed E-state index contributed by atoms with van der Waals surface area (Å²) >= 11 is 0. The number of nitrogens with zero attached hydrogens (tertiary/aromatic N) is 2. The van der Waals surface area contributed by atoms with Crippen LogP contribution in [-0.2, 0) is 35.6 Å². The summed E-state index contributed by atoms with van der Waals surface area (Å²) in [5.41, 5.74) is 1.20. The Morgan fingerprint density at radius 3 is 2.48 bits per heavy atom. The van der Waals surface area contributed by atoms with Crippen LogP contribution in [0, 0.1) is 0 Å². The molecule has 10 nitrogen and oxygen atoms in total. The van der Waals surface area contributed by atoms with Crippen LogP contribution in [0.15, 0.2) is 59.6 Å². The predicted molar refractivity (Wildman–Crippen MR) is 120 cm³/mol. The molecule has 0 fully saturated rings. The third-order valence-electron chi connectivity index (χ3n) is 4.75. The fourth-order valence-corrected chi connectivity index (χ4v) is 4.07. The highest BCUT2D eigenvalue weighted by molar-refractivity contribution is 7.89. The number of nitrogens with one attached hydrogen (secondary N) is 1. The van der Waals surface area contributed by atoms with Crippen molar-refractivity contribution in [2.24, 2.45) is 0 Å². The molecule has 0 unspecified atom stereocenters. The zero-order chi connectivity index (χ0) is 24.2. The van der Waals surface area contributed by atoms with E-state index < -0.39 is 34.5 Å². The molecule has 1 amide bonds. The normalized spacial score (nSPS) is 11.4. The van der Waals surface area contributed by atoms with E-state index in [0.717, 1.165) is 4.31 Å². The van der Waals surface area contributed by atoms with Gasteiger partial charge in [0.2, 0.25) is 10.0 Å². The van der Waals surface area contributed by atoms with Gasteiger partial charge in [-0.05, 0) is 24.3 Å². The zero-order valence-electron chi connectivity index (χ0n) is 18.3. The van der Waals surface area contributed by atoms with E-state index in [1.54, 1.807) is 24.3 Å². The lowest BCUT2D eigenvalue weighted by Crippen LogP contribution is -2.24. The summed E-state index contributed by atoms with van der Waals surface area (Å²) in [5.74, 6) is -1.85. The van der Waals surface area contributed by atoms with Gasteiger partial charge >= 0.3 is 11.9 Å². The second-order valence-electron chi connectivity index (χ2n) is 7.20. The Kier molecular flexibility index (Phi) is 7.14. The highest BCUT2D eigenvalue weighted by atomic mass is 32.2. The number of carbonyl (C=O) groups excluding carboxylic acids is 3. The fourth-order valence-electron chi connectivity index (χ4n) is 3.12. The number of hydrogen-bond donors (Lipinski definition) is 1. The van der Waals surface area contributed by atoms with E-state index in [1.807, 2.05) is 0 Å². The average molecular weight is 474 g/mol. The van der Waals surface area contributed by atoms with Crippen LogP contribution in [0.1, 0.15) is 10.4 Å². The van der Waals surface area contributed by atoms with Gasteiger partial charge in [-0.15, -0.1) is 0 Å². The van der Waals surface area contributed by atoms with Crippen molar-refractivity contribution < 1.29 is 32.3 Å². The summed E-state index contributed by atoms with van der Waals surface area (Å²) in [6.07, 6.45) is 1.49. The highest BCUT2D eigenvalue weighted by Crippen LogP contribution is 2.22. The largest absolute Gasteiger partial charge is 0.465 e. The molecule has 0 spiro atoms. The molecule has 1 heterocycles. The van der Waals surface area contributed by atoms with Crippen molar-refractivity contribution in [1.82, 2.24) is 8.87 Å². The first kappa shape index (κ1) is 24.0. The Labute approximate surface area is 190 Å². The van der Waals surface area contributed by atoms with Crippen molar-refractivity contribution in [3.63, 3.8) is 0 Å². The summed E-state index contributed by atoms with van der Waals surface area (Å²) in [5, 5.41) is 3.13. The number of methoxy groups -OCH3 is 1. The first-order valence-corrected chi connectivity index (χ1v) is 11.2. The Bertz CT molecular complexity index is 1310. The first-order chi connectivity index (χ1) is 15.6. The standard InChI is InChI=1S/C22H23N3O7S/c1-24(2)33(29,30)16-8-6-7-15(11-16)23-20(26)14-32-21(27)13-25-12-18(22(28)31-3)17-9-4-5-10-19(17)25/h4-12H,13-14H2,1-3H3,(H,23,26). The van der Waals surface area contributed by atoms with Crippen LogP contribution in [0.3, 0.4) is 0 Å². The summed E-state index contributed by atoms with van der Waals surface area (Å²) in [7, 11) is 0.422. The van der Waals surface area contributed by atoms with Gasteiger partial charge in [-0.25, -0.2) is 17.5 Å². The molecule has 0 saturated heterocycles. The third kappa shape index (κ3) is 5.38. The second kappa shape index (κ2) is 9.84. The van der Waals surface area contributed by atoms with Crippen molar-refractivity contribution >= 4 is 44.5 Å². The number of aromatic nitrogens is 1. The lowest BCUT2D eigenvalue weighted by atomic mass is 10.2. The van der Waals surface area contributed by atoms with Gasteiger partial charge in [0, 0.05) is 36.9 Å². The number of rotatable bonds is 8. The first-order valence-electron chi connectivity index (χ1n) is 9.77. The maximum absolute atomic E-state index is 12.3. The van der Waals surface area contributed by atoms with Crippen LogP contribution >= 0.6 is 0 Å². The number of ether oxygens (including phenoxy) is 2. The molecule has 11 heteroatoms. The van der Waals surface area contributed by atoms with Crippen LogP contribution in [0.5, 0.6) is 0 Å². The van der Waals surface area contributed by atoms with Gasteiger partial charge in [0.1, 0.15) is 6.54 Å². The fraction of sp³-hybridized carbons (Fsp3) is 0.227. The number of sulfonamides is 1. The Balaban J connectivity index is 1.63. The van der Waals surface area contributed by atoms with Crippen LogP contribution in [0.25, 0.3) is 10.9 Å². The Hall–Kier alpha value is -3.70. The van der Waals surface area contributed by atoms with Crippen molar-refractivity contribution in [3.8, 4) is 0 Å². The summed E-state index contributed by atoms with van der Waals surface area (Å²) in [4.78, 5) is 36.5. The summed E-state index contributed by atoms with van der Waals surface area (Å²) in [6, 6.07) is 12.8. The minimum atomic E-state index is -3.66. The lowest BCUT2D eigenvalue weighted by molar-refractivity contribution is -0.147. The minimum Gasteiger partial charge on any atom is -0.465 e. The van der Waals surface area contributed by atoms with Crippen molar-refractivity contribution in [2.45, 2.75) is 11.4 Å². The van der Waals surface area contributed by atoms with Gasteiger partial charge in [-0.3, -0.25) is 9.59 Å². The molecule has 2 aromatic carbocycles. The van der Waals surface area contributed by atoms with Crippen molar-refractivity contribution in [3.05, 3.63) is 60.3 Å². The van der Waals surface area contributed by atoms with Gasteiger partial charge in [0.25, 0.3) is 5.91 Å². The van der Waals surface area contributed by atoms with Crippen LogP contribution in [-0.4, -0.2) is 62.9 Å². The number of fused-ring (bicyclic) bond motifs is 1. The van der Waals surface area contributed by atoms with Crippen molar-refractivity contribution in [2.75, 3.05) is 33.1 Å². The van der Waals surface area contributed by atoms with E-state index >= 15 is 0 Å². The molecule has 0 aliphatic rings. The Morgan fingerprint density at radius 1 is 1.06 bits per heavy atom. The number of para-hydroxylation sites is 1. The molecule has 33 heavy (non-hydrogen) atoms. The number of anilines is 1. The predicted octanol–water partition coefficient (Wildman–Crippen LogP) is 1.86. The Morgan fingerprint density at radius 2 is 1.79 bits per heavy atom. The summed E-state index contributed by atoms with van der Waals surface area (Å²) in [6.45, 7) is -0.784.